The van der Waals surface area contributed by atoms with Gasteiger partial charge in [0.05, 0.1) is 6.61 Å². The van der Waals surface area contributed by atoms with Crippen molar-refractivity contribution in [2.24, 2.45) is 0 Å². The summed E-state index contributed by atoms with van der Waals surface area (Å²) in [6.45, 7) is 8.90. The lowest BCUT2D eigenvalue weighted by Gasteiger charge is -2.13. The van der Waals surface area contributed by atoms with E-state index in [1.807, 2.05) is 6.92 Å². The Morgan fingerprint density at radius 1 is 1.33 bits per heavy atom. The molecule has 0 amide bonds. The molecule has 0 aliphatic heterocycles. The molecule has 0 spiro atoms. The lowest BCUT2D eigenvalue weighted by Crippen LogP contribution is -2.25. The van der Waals surface area contributed by atoms with Crippen LogP contribution in [0.15, 0.2) is 0 Å². The predicted octanol–water partition coefficient (Wildman–Crippen LogP) is 1.86. The Morgan fingerprint density at radius 2 is 1.89 bits per heavy atom. The minimum atomic E-state index is -1.30. The molecule has 0 radical (unpaired) electrons. The Morgan fingerprint density at radius 3 is 2.22 bits per heavy atom. The maximum atomic E-state index is 5.44. The summed E-state index contributed by atoms with van der Waals surface area (Å²) in [5.41, 5.74) is 0. The molecule has 9 heavy (non-hydrogen) atoms. The third-order valence-corrected chi connectivity index (χ3v) is 1.76. The molecule has 0 aromatic rings. The first-order chi connectivity index (χ1) is 4.06. The summed E-state index contributed by atoms with van der Waals surface area (Å²) in [4.78, 5) is 0. The van der Waals surface area contributed by atoms with Gasteiger partial charge in [-0.3, -0.25) is 0 Å². The quantitative estimate of drug-likeness (QED) is 0.422. The van der Waals surface area contributed by atoms with Gasteiger partial charge in [-0.2, -0.15) is 0 Å². The van der Waals surface area contributed by atoms with Crippen LogP contribution in [0.5, 0.6) is 0 Å². The summed E-state index contributed by atoms with van der Waals surface area (Å²) >= 11 is 0. The molecule has 0 heterocycles. The van der Waals surface area contributed by atoms with Crippen molar-refractivity contribution in [2.75, 3.05) is 6.61 Å². The van der Waals surface area contributed by atoms with E-state index < -0.39 is 8.32 Å². The normalized spacial score (nSPS) is 10.2. The van der Waals surface area contributed by atoms with Gasteiger partial charge in [0.1, 0.15) is 0 Å². The molecule has 0 aromatic carbocycles. The van der Waals surface area contributed by atoms with Crippen LogP contribution in [0.2, 0.25) is 19.6 Å². The third kappa shape index (κ3) is 7.74. The molecule has 2 heteroatoms. The van der Waals surface area contributed by atoms with Crippen LogP contribution in [0.3, 0.4) is 0 Å². The Bertz CT molecular complexity index is 124. The fourth-order valence-corrected chi connectivity index (χ4v) is 0.830. The molecule has 0 aliphatic rings. The minimum absolute atomic E-state index is 0.603. The number of hydrogen-bond acceptors (Lipinski definition) is 1. The summed E-state index contributed by atoms with van der Waals surface area (Å²) < 4.78 is 5.44. The molecule has 0 fully saturated rings. The van der Waals surface area contributed by atoms with Gasteiger partial charge >= 0.3 is 0 Å². The molecule has 0 bridgehead atoms. The van der Waals surface area contributed by atoms with Crippen LogP contribution in [0.25, 0.3) is 0 Å². The molecule has 0 aliphatic carbocycles. The first-order valence-corrected chi connectivity index (χ1v) is 6.50. The van der Waals surface area contributed by atoms with Crippen LogP contribution in [-0.2, 0) is 4.43 Å². The molecule has 0 unspecified atom stereocenters. The first-order valence-electron chi connectivity index (χ1n) is 3.10. The fraction of sp³-hybridized carbons (Fsp3) is 0.714. The monoisotopic (exact) mass is 142 g/mol. The maximum Gasteiger partial charge on any atom is 0.185 e. The van der Waals surface area contributed by atoms with Crippen LogP contribution in [0, 0.1) is 11.8 Å². The largest absolute Gasteiger partial charge is 0.407 e. The van der Waals surface area contributed by atoms with Crippen molar-refractivity contribution in [3.05, 3.63) is 0 Å². The Kier molecular flexibility index (Phi) is 3.60. The Labute approximate surface area is 58.5 Å². The molecule has 1 nitrogen and oxygen atoms in total. The zero-order valence-electron chi connectivity index (χ0n) is 6.62. The lowest BCUT2D eigenvalue weighted by atomic mass is 10.6. The maximum absolute atomic E-state index is 5.44. The van der Waals surface area contributed by atoms with Crippen molar-refractivity contribution in [2.45, 2.75) is 26.6 Å². The minimum Gasteiger partial charge on any atom is -0.407 e. The second-order valence-electron chi connectivity index (χ2n) is 2.83. The molecule has 0 aromatic heterocycles. The van der Waals surface area contributed by atoms with Gasteiger partial charge in [-0.1, -0.05) is 5.92 Å². The third-order valence-electron chi connectivity index (χ3n) is 0.754. The van der Waals surface area contributed by atoms with Crippen molar-refractivity contribution >= 4 is 8.32 Å². The SMILES string of the molecule is CC#CCO[Si](C)(C)C. The fourth-order valence-electron chi connectivity index (χ4n) is 0.325. The summed E-state index contributed by atoms with van der Waals surface area (Å²) in [5, 5.41) is 0. The Hall–Kier alpha value is -0.263. The number of rotatable bonds is 2. The van der Waals surface area contributed by atoms with Gasteiger partial charge < -0.3 is 4.43 Å². The molecular weight excluding hydrogens is 128 g/mol. The molecular formula is C7H14OSi. The van der Waals surface area contributed by atoms with Crippen molar-refractivity contribution < 1.29 is 4.43 Å². The summed E-state index contributed by atoms with van der Waals surface area (Å²) in [5.74, 6) is 5.65. The van der Waals surface area contributed by atoms with Crippen molar-refractivity contribution in [3.63, 3.8) is 0 Å². The topological polar surface area (TPSA) is 9.23 Å². The number of hydrogen-bond donors (Lipinski definition) is 0. The van der Waals surface area contributed by atoms with E-state index in [9.17, 15) is 0 Å². The van der Waals surface area contributed by atoms with Crippen molar-refractivity contribution in [1.29, 1.82) is 0 Å². The van der Waals surface area contributed by atoms with Gasteiger partial charge in [-0.15, -0.1) is 5.92 Å². The van der Waals surface area contributed by atoms with Crippen LogP contribution < -0.4 is 0 Å². The predicted molar refractivity (Wildman–Crippen MR) is 42.7 cm³/mol. The summed E-state index contributed by atoms with van der Waals surface area (Å²) in [6.07, 6.45) is 0. The van der Waals surface area contributed by atoms with Crippen LogP contribution in [-0.4, -0.2) is 14.9 Å². The van der Waals surface area contributed by atoms with E-state index in [1.165, 1.54) is 0 Å². The molecule has 0 atom stereocenters. The molecule has 52 valence electrons. The van der Waals surface area contributed by atoms with Gasteiger partial charge in [0.2, 0.25) is 0 Å². The zero-order valence-corrected chi connectivity index (χ0v) is 7.62. The summed E-state index contributed by atoms with van der Waals surface area (Å²) in [6, 6.07) is 0. The van der Waals surface area contributed by atoms with Gasteiger partial charge in [-0.25, -0.2) is 0 Å². The van der Waals surface area contributed by atoms with Crippen LogP contribution in [0.1, 0.15) is 6.92 Å². The van der Waals surface area contributed by atoms with E-state index >= 15 is 0 Å². The molecule has 0 N–H and O–H groups in total. The molecule has 0 saturated heterocycles. The Balaban J connectivity index is 3.36. The van der Waals surface area contributed by atoms with Crippen LogP contribution >= 0.6 is 0 Å². The van der Waals surface area contributed by atoms with Gasteiger partial charge in [-0.05, 0) is 26.6 Å². The molecule has 0 rings (SSSR count). The highest BCUT2D eigenvalue weighted by atomic mass is 28.4. The standard InChI is InChI=1S/C7H14OSi/c1-5-6-7-8-9(2,3)4/h7H2,1-4H3. The van der Waals surface area contributed by atoms with E-state index in [0.29, 0.717) is 6.61 Å². The average molecular weight is 142 g/mol. The van der Waals surface area contributed by atoms with Gasteiger partial charge in [0, 0.05) is 0 Å². The molecule has 0 saturated carbocycles. The van der Waals surface area contributed by atoms with Crippen molar-refractivity contribution in [1.82, 2.24) is 0 Å². The lowest BCUT2D eigenvalue weighted by molar-refractivity contribution is 0.365. The van der Waals surface area contributed by atoms with Crippen molar-refractivity contribution in [3.8, 4) is 11.8 Å². The zero-order chi connectivity index (χ0) is 7.33. The average Bonchev–Trinajstić information content (AvgIpc) is 1.63. The second kappa shape index (κ2) is 3.70. The highest BCUT2D eigenvalue weighted by molar-refractivity contribution is 6.69. The highest BCUT2D eigenvalue weighted by Crippen LogP contribution is 2.00. The highest BCUT2D eigenvalue weighted by Gasteiger charge is 2.12. The second-order valence-corrected chi connectivity index (χ2v) is 7.34. The van der Waals surface area contributed by atoms with E-state index in [0.717, 1.165) is 0 Å². The van der Waals surface area contributed by atoms with E-state index in [1.54, 1.807) is 0 Å². The smallest absolute Gasteiger partial charge is 0.185 e. The van der Waals surface area contributed by atoms with Crippen LogP contribution in [0.4, 0.5) is 0 Å². The van der Waals surface area contributed by atoms with Gasteiger partial charge in [0.15, 0.2) is 8.32 Å². The van der Waals surface area contributed by atoms with E-state index in [4.69, 9.17) is 4.43 Å². The van der Waals surface area contributed by atoms with Gasteiger partial charge in [0.25, 0.3) is 0 Å². The summed E-state index contributed by atoms with van der Waals surface area (Å²) in [7, 11) is -1.30. The van der Waals surface area contributed by atoms with E-state index in [-0.39, 0.29) is 0 Å². The van der Waals surface area contributed by atoms with E-state index in [2.05, 4.69) is 31.5 Å². The first kappa shape index (κ1) is 8.74.